The lowest BCUT2D eigenvalue weighted by Gasteiger charge is -2.36. The van der Waals surface area contributed by atoms with Gasteiger partial charge in [-0.05, 0) is 13.8 Å². The fourth-order valence-electron chi connectivity index (χ4n) is 2.06. The molecule has 1 aromatic rings. The molecular formula is C12H18ClN3O2. The summed E-state index contributed by atoms with van der Waals surface area (Å²) < 4.78 is 10.9. The van der Waals surface area contributed by atoms with Crippen LogP contribution >= 0.6 is 11.6 Å². The summed E-state index contributed by atoms with van der Waals surface area (Å²) in [6.07, 6.45) is 0.142. The predicted octanol–water partition coefficient (Wildman–Crippen LogP) is 1.63. The zero-order chi connectivity index (χ0) is 13.1. The van der Waals surface area contributed by atoms with Crippen LogP contribution in [0.25, 0.3) is 0 Å². The van der Waals surface area contributed by atoms with E-state index in [1.54, 1.807) is 7.11 Å². The average Bonchev–Trinajstić information content (AvgIpc) is 2.37. The van der Waals surface area contributed by atoms with Gasteiger partial charge in [0.05, 0.1) is 25.2 Å². The first-order chi connectivity index (χ1) is 8.62. The first-order valence-electron chi connectivity index (χ1n) is 5.98. The zero-order valence-corrected chi connectivity index (χ0v) is 11.6. The Hall–Kier alpha value is -1.07. The van der Waals surface area contributed by atoms with Crippen molar-refractivity contribution in [1.82, 2.24) is 9.97 Å². The van der Waals surface area contributed by atoms with E-state index in [0.29, 0.717) is 24.3 Å². The molecule has 1 aromatic heterocycles. The number of alkyl halides is 1. The maximum atomic E-state index is 5.87. The van der Waals surface area contributed by atoms with Gasteiger partial charge in [0.1, 0.15) is 0 Å². The summed E-state index contributed by atoms with van der Waals surface area (Å²) in [5, 5.41) is 0. The molecule has 2 unspecified atom stereocenters. The molecule has 0 amide bonds. The van der Waals surface area contributed by atoms with E-state index in [2.05, 4.69) is 14.9 Å². The molecule has 0 saturated carbocycles. The Morgan fingerprint density at radius 1 is 1.50 bits per heavy atom. The van der Waals surface area contributed by atoms with Crippen molar-refractivity contribution in [2.75, 3.05) is 31.0 Å². The van der Waals surface area contributed by atoms with Crippen molar-refractivity contribution >= 4 is 17.5 Å². The number of ether oxygens (including phenoxy) is 2. The van der Waals surface area contributed by atoms with Crippen LogP contribution in [-0.4, -0.2) is 48.3 Å². The number of aryl methyl sites for hydroxylation is 1. The molecule has 0 bridgehead atoms. The molecule has 1 aliphatic rings. The van der Waals surface area contributed by atoms with Gasteiger partial charge in [-0.25, -0.2) is 4.98 Å². The maximum absolute atomic E-state index is 5.87. The lowest BCUT2D eigenvalue weighted by Crippen LogP contribution is -2.48. The van der Waals surface area contributed by atoms with Gasteiger partial charge in [0.25, 0.3) is 0 Å². The van der Waals surface area contributed by atoms with Crippen LogP contribution in [0.15, 0.2) is 6.07 Å². The molecule has 18 heavy (non-hydrogen) atoms. The average molecular weight is 272 g/mol. The zero-order valence-electron chi connectivity index (χ0n) is 10.9. The Balaban J connectivity index is 2.21. The molecule has 0 spiro atoms. The lowest BCUT2D eigenvalue weighted by molar-refractivity contribution is -0.00387. The van der Waals surface area contributed by atoms with Crippen LogP contribution in [0, 0.1) is 6.92 Å². The van der Waals surface area contributed by atoms with Gasteiger partial charge in [0, 0.05) is 24.8 Å². The van der Waals surface area contributed by atoms with E-state index in [1.165, 1.54) is 0 Å². The summed E-state index contributed by atoms with van der Waals surface area (Å²) in [7, 11) is 1.61. The largest absolute Gasteiger partial charge is 0.481 e. The summed E-state index contributed by atoms with van der Waals surface area (Å²) in [5.41, 5.74) is 0.887. The maximum Gasteiger partial charge on any atom is 0.229 e. The second kappa shape index (κ2) is 5.71. The molecule has 1 saturated heterocycles. The number of methoxy groups -OCH3 is 1. The molecule has 2 heterocycles. The molecule has 0 aliphatic carbocycles. The second-order valence-corrected chi connectivity index (χ2v) is 4.79. The number of morpholine rings is 1. The van der Waals surface area contributed by atoms with Crippen molar-refractivity contribution in [2.45, 2.75) is 26.1 Å². The lowest BCUT2D eigenvalue weighted by atomic mass is 10.2. The monoisotopic (exact) mass is 271 g/mol. The van der Waals surface area contributed by atoms with E-state index in [4.69, 9.17) is 21.1 Å². The molecule has 0 N–H and O–H groups in total. The van der Waals surface area contributed by atoms with Crippen LogP contribution in [0.2, 0.25) is 0 Å². The minimum Gasteiger partial charge on any atom is -0.481 e. The van der Waals surface area contributed by atoms with Crippen LogP contribution in [0.1, 0.15) is 12.6 Å². The Morgan fingerprint density at radius 3 is 2.94 bits per heavy atom. The first-order valence-corrected chi connectivity index (χ1v) is 6.52. The molecule has 5 nitrogen and oxygen atoms in total. The number of nitrogens with zero attached hydrogens (tertiary/aromatic N) is 3. The fourth-order valence-corrected chi connectivity index (χ4v) is 2.23. The quantitative estimate of drug-likeness (QED) is 0.782. The van der Waals surface area contributed by atoms with Gasteiger partial charge in [-0.15, -0.1) is 11.6 Å². The number of hydrogen-bond acceptors (Lipinski definition) is 5. The predicted molar refractivity (Wildman–Crippen MR) is 70.6 cm³/mol. The van der Waals surface area contributed by atoms with Gasteiger partial charge in [-0.3, -0.25) is 0 Å². The topological polar surface area (TPSA) is 47.5 Å². The second-order valence-electron chi connectivity index (χ2n) is 4.48. The van der Waals surface area contributed by atoms with E-state index in [0.717, 1.165) is 12.2 Å². The summed E-state index contributed by atoms with van der Waals surface area (Å²) in [4.78, 5) is 10.9. The Morgan fingerprint density at radius 2 is 2.28 bits per heavy atom. The molecule has 0 radical (unpaired) electrons. The molecule has 2 rings (SSSR count). The fraction of sp³-hybridized carbons (Fsp3) is 0.667. The third kappa shape index (κ3) is 3.03. The van der Waals surface area contributed by atoms with Gasteiger partial charge in [-0.1, -0.05) is 0 Å². The van der Waals surface area contributed by atoms with Crippen molar-refractivity contribution in [1.29, 1.82) is 0 Å². The summed E-state index contributed by atoms with van der Waals surface area (Å²) in [6, 6.07) is 1.81. The van der Waals surface area contributed by atoms with Crippen LogP contribution in [-0.2, 0) is 4.74 Å². The molecule has 100 valence electrons. The number of halogens is 1. The molecule has 1 fully saturated rings. The highest BCUT2D eigenvalue weighted by Crippen LogP contribution is 2.20. The van der Waals surface area contributed by atoms with E-state index in [9.17, 15) is 0 Å². The highest BCUT2D eigenvalue weighted by atomic mass is 35.5. The summed E-state index contributed by atoms with van der Waals surface area (Å²) in [6.45, 7) is 5.43. The van der Waals surface area contributed by atoms with Crippen molar-refractivity contribution in [3.8, 4) is 5.88 Å². The van der Waals surface area contributed by atoms with Crippen LogP contribution in [0.4, 0.5) is 5.95 Å². The Labute approximate surface area is 112 Å². The van der Waals surface area contributed by atoms with Gasteiger partial charge < -0.3 is 14.4 Å². The van der Waals surface area contributed by atoms with Crippen LogP contribution < -0.4 is 9.64 Å². The molecule has 2 atom stereocenters. The van der Waals surface area contributed by atoms with Gasteiger partial charge in [0.2, 0.25) is 11.8 Å². The first kappa shape index (κ1) is 13.4. The molecule has 6 heteroatoms. The van der Waals surface area contributed by atoms with Crippen molar-refractivity contribution in [3.05, 3.63) is 11.8 Å². The third-order valence-electron chi connectivity index (χ3n) is 2.81. The summed E-state index contributed by atoms with van der Waals surface area (Å²) >= 11 is 5.87. The Kier molecular flexibility index (Phi) is 4.24. The smallest absolute Gasteiger partial charge is 0.229 e. The van der Waals surface area contributed by atoms with Crippen molar-refractivity contribution in [3.63, 3.8) is 0 Å². The number of anilines is 1. The van der Waals surface area contributed by atoms with Gasteiger partial charge in [0.15, 0.2) is 0 Å². The normalized spacial score (nSPS) is 24.1. The standard InChI is InChI=1S/C12H18ClN3O2/c1-8-4-11(17-3)15-12(14-8)16-6-9(2)18-10(5-13)7-16/h4,9-10H,5-7H2,1-3H3. The van der Waals surface area contributed by atoms with Gasteiger partial charge in [-0.2, -0.15) is 4.98 Å². The Bertz CT molecular complexity index is 416. The van der Waals surface area contributed by atoms with Crippen LogP contribution in [0.3, 0.4) is 0 Å². The van der Waals surface area contributed by atoms with E-state index in [1.807, 2.05) is 19.9 Å². The summed E-state index contributed by atoms with van der Waals surface area (Å²) in [5.74, 6) is 1.74. The highest BCUT2D eigenvalue weighted by Gasteiger charge is 2.26. The van der Waals surface area contributed by atoms with Crippen molar-refractivity contribution < 1.29 is 9.47 Å². The third-order valence-corrected chi connectivity index (χ3v) is 3.15. The van der Waals surface area contributed by atoms with Crippen molar-refractivity contribution in [2.24, 2.45) is 0 Å². The molecular weight excluding hydrogens is 254 g/mol. The van der Waals surface area contributed by atoms with Crippen LogP contribution in [0.5, 0.6) is 5.88 Å². The van der Waals surface area contributed by atoms with Gasteiger partial charge >= 0.3 is 0 Å². The minimum absolute atomic E-state index is 0.0190. The van der Waals surface area contributed by atoms with E-state index in [-0.39, 0.29) is 12.2 Å². The SMILES string of the molecule is COc1cc(C)nc(N2CC(C)OC(CCl)C2)n1. The number of aromatic nitrogens is 2. The highest BCUT2D eigenvalue weighted by molar-refractivity contribution is 6.18. The van der Waals surface area contributed by atoms with E-state index < -0.39 is 0 Å². The number of rotatable bonds is 3. The molecule has 1 aliphatic heterocycles. The van der Waals surface area contributed by atoms with E-state index >= 15 is 0 Å². The molecule has 0 aromatic carbocycles. The number of hydrogen-bond donors (Lipinski definition) is 0. The minimum atomic E-state index is 0.0190.